The van der Waals surface area contributed by atoms with E-state index in [0.717, 1.165) is 22.0 Å². The normalized spacial score (nSPS) is 11.7. The van der Waals surface area contributed by atoms with Crippen molar-refractivity contribution < 1.29 is 12.8 Å². The Bertz CT molecular complexity index is 698. The van der Waals surface area contributed by atoms with Crippen molar-refractivity contribution in [3.63, 3.8) is 0 Å². The van der Waals surface area contributed by atoms with Crippen LogP contribution in [0.5, 0.6) is 0 Å². The van der Waals surface area contributed by atoms with E-state index >= 15 is 0 Å². The molecule has 0 saturated carbocycles. The van der Waals surface area contributed by atoms with E-state index in [1.54, 1.807) is 6.20 Å². The highest BCUT2D eigenvalue weighted by Crippen LogP contribution is 2.20. The SMILES string of the molecule is Cc1ncc(CNS(=O)(=O)c2cc(F)ccc2N)s1. The lowest BCUT2D eigenvalue weighted by Gasteiger charge is -2.08. The molecule has 0 bridgehead atoms. The topological polar surface area (TPSA) is 85.1 Å². The molecule has 0 unspecified atom stereocenters. The predicted molar refractivity (Wildman–Crippen MR) is 71.7 cm³/mol. The van der Waals surface area contributed by atoms with Crippen LogP contribution in [0.3, 0.4) is 0 Å². The minimum atomic E-state index is -3.84. The van der Waals surface area contributed by atoms with Gasteiger partial charge in [0.15, 0.2) is 0 Å². The first kappa shape index (κ1) is 13.9. The molecule has 2 aromatic rings. The van der Waals surface area contributed by atoms with Gasteiger partial charge in [0.2, 0.25) is 10.0 Å². The summed E-state index contributed by atoms with van der Waals surface area (Å²) in [5.41, 5.74) is 5.56. The second-order valence-electron chi connectivity index (χ2n) is 3.85. The van der Waals surface area contributed by atoms with Crippen molar-refractivity contribution in [2.24, 2.45) is 0 Å². The molecule has 0 spiro atoms. The molecular formula is C11H12FN3O2S2. The van der Waals surface area contributed by atoms with E-state index in [4.69, 9.17) is 5.73 Å². The average molecular weight is 301 g/mol. The maximum Gasteiger partial charge on any atom is 0.243 e. The number of sulfonamides is 1. The van der Waals surface area contributed by atoms with Crippen molar-refractivity contribution >= 4 is 27.0 Å². The molecule has 0 amide bonds. The molecule has 1 aromatic heterocycles. The Morgan fingerprint density at radius 3 is 2.84 bits per heavy atom. The smallest absolute Gasteiger partial charge is 0.243 e. The zero-order valence-corrected chi connectivity index (χ0v) is 11.7. The summed E-state index contributed by atoms with van der Waals surface area (Å²) in [5.74, 6) is -0.650. The van der Waals surface area contributed by atoms with E-state index in [9.17, 15) is 12.8 Å². The summed E-state index contributed by atoms with van der Waals surface area (Å²) in [7, 11) is -3.84. The van der Waals surface area contributed by atoms with Crippen molar-refractivity contribution in [3.05, 3.63) is 40.1 Å². The third-order valence-electron chi connectivity index (χ3n) is 2.37. The molecule has 102 valence electrons. The number of nitrogen functional groups attached to an aromatic ring is 1. The lowest BCUT2D eigenvalue weighted by atomic mass is 10.3. The summed E-state index contributed by atoms with van der Waals surface area (Å²) < 4.78 is 39.5. The van der Waals surface area contributed by atoms with Gasteiger partial charge >= 0.3 is 0 Å². The van der Waals surface area contributed by atoms with E-state index in [1.165, 1.54) is 17.4 Å². The fourth-order valence-electron chi connectivity index (χ4n) is 1.47. The summed E-state index contributed by atoms with van der Waals surface area (Å²) in [4.78, 5) is 4.54. The van der Waals surface area contributed by atoms with Gasteiger partial charge in [-0.3, -0.25) is 0 Å². The molecule has 0 atom stereocenters. The highest BCUT2D eigenvalue weighted by molar-refractivity contribution is 7.89. The Balaban J connectivity index is 2.20. The minimum Gasteiger partial charge on any atom is -0.398 e. The molecule has 2 rings (SSSR count). The molecule has 0 aliphatic carbocycles. The molecule has 1 aromatic carbocycles. The highest BCUT2D eigenvalue weighted by atomic mass is 32.2. The monoisotopic (exact) mass is 301 g/mol. The van der Waals surface area contributed by atoms with Gasteiger partial charge in [-0.25, -0.2) is 22.5 Å². The number of rotatable bonds is 4. The molecule has 8 heteroatoms. The molecule has 5 nitrogen and oxygen atoms in total. The Hall–Kier alpha value is -1.51. The number of hydrogen-bond acceptors (Lipinski definition) is 5. The summed E-state index contributed by atoms with van der Waals surface area (Å²) in [5, 5.41) is 0.847. The van der Waals surface area contributed by atoms with E-state index in [-0.39, 0.29) is 17.1 Å². The van der Waals surface area contributed by atoms with Crippen LogP contribution in [0, 0.1) is 12.7 Å². The van der Waals surface area contributed by atoms with E-state index < -0.39 is 15.8 Å². The van der Waals surface area contributed by atoms with Crippen LogP contribution in [0.25, 0.3) is 0 Å². The maximum absolute atomic E-state index is 13.1. The van der Waals surface area contributed by atoms with Gasteiger partial charge in [0.25, 0.3) is 0 Å². The minimum absolute atomic E-state index is 0.00869. The molecule has 0 fully saturated rings. The number of halogens is 1. The van der Waals surface area contributed by atoms with Gasteiger partial charge in [-0.2, -0.15) is 0 Å². The van der Waals surface area contributed by atoms with Crippen molar-refractivity contribution in [2.75, 3.05) is 5.73 Å². The Kier molecular flexibility index (Phi) is 3.83. The van der Waals surface area contributed by atoms with Crippen LogP contribution in [0.2, 0.25) is 0 Å². The number of aromatic nitrogens is 1. The van der Waals surface area contributed by atoms with Crippen molar-refractivity contribution in [2.45, 2.75) is 18.4 Å². The Labute approximate surface area is 114 Å². The van der Waals surface area contributed by atoms with Gasteiger partial charge in [-0.1, -0.05) is 0 Å². The molecule has 0 radical (unpaired) electrons. The molecule has 0 aliphatic heterocycles. The zero-order chi connectivity index (χ0) is 14.0. The molecule has 1 heterocycles. The number of benzene rings is 1. The predicted octanol–water partition coefficient (Wildman–Crippen LogP) is 1.65. The first-order valence-electron chi connectivity index (χ1n) is 5.34. The van der Waals surface area contributed by atoms with Gasteiger partial charge in [-0.05, 0) is 25.1 Å². The first-order chi connectivity index (χ1) is 8.88. The molecule has 3 N–H and O–H groups in total. The summed E-state index contributed by atoms with van der Waals surface area (Å²) in [6, 6.07) is 3.23. The summed E-state index contributed by atoms with van der Waals surface area (Å²) in [6.07, 6.45) is 1.59. The van der Waals surface area contributed by atoms with Crippen LogP contribution in [0.15, 0.2) is 29.3 Å². The van der Waals surface area contributed by atoms with Crippen LogP contribution >= 0.6 is 11.3 Å². The van der Waals surface area contributed by atoms with Crippen LogP contribution in [0.1, 0.15) is 9.88 Å². The molecule has 0 aliphatic rings. The number of nitrogens with zero attached hydrogens (tertiary/aromatic N) is 1. The maximum atomic E-state index is 13.1. The number of anilines is 1. The third kappa shape index (κ3) is 3.28. The molecule has 0 saturated heterocycles. The number of hydrogen-bond donors (Lipinski definition) is 2. The van der Waals surface area contributed by atoms with Crippen LogP contribution < -0.4 is 10.5 Å². The fourth-order valence-corrected chi connectivity index (χ4v) is 3.44. The average Bonchev–Trinajstić information content (AvgIpc) is 2.76. The largest absolute Gasteiger partial charge is 0.398 e. The van der Waals surface area contributed by atoms with Gasteiger partial charge < -0.3 is 5.73 Å². The van der Waals surface area contributed by atoms with Gasteiger partial charge in [0, 0.05) is 17.6 Å². The number of thiazole rings is 1. The van der Waals surface area contributed by atoms with Gasteiger partial charge in [0.1, 0.15) is 10.7 Å². The van der Waals surface area contributed by atoms with Gasteiger partial charge in [0.05, 0.1) is 10.7 Å². The van der Waals surface area contributed by atoms with Gasteiger partial charge in [-0.15, -0.1) is 11.3 Å². The molecular weight excluding hydrogens is 289 g/mol. The summed E-state index contributed by atoms with van der Waals surface area (Å²) >= 11 is 1.39. The van der Waals surface area contributed by atoms with Crippen LogP contribution in [-0.2, 0) is 16.6 Å². The van der Waals surface area contributed by atoms with E-state index in [0.29, 0.717) is 0 Å². The van der Waals surface area contributed by atoms with Crippen molar-refractivity contribution in [1.29, 1.82) is 0 Å². The third-order valence-corrected chi connectivity index (χ3v) is 4.74. The fraction of sp³-hybridized carbons (Fsp3) is 0.182. The second-order valence-corrected chi connectivity index (χ2v) is 6.91. The first-order valence-corrected chi connectivity index (χ1v) is 7.64. The van der Waals surface area contributed by atoms with Crippen molar-refractivity contribution in [1.82, 2.24) is 9.71 Å². The number of aryl methyl sites for hydroxylation is 1. The van der Waals surface area contributed by atoms with E-state index in [1.807, 2.05) is 6.92 Å². The lowest BCUT2D eigenvalue weighted by molar-refractivity contribution is 0.578. The number of nitrogens with two attached hydrogens (primary N) is 1. The zero-order valence-electron chi connectivity index (χ0n) is 10.1. The summed E-state index contributed by atoms with van der Waals surface area (Å²) in [6.45, 7) is 1.93. The van der Waals surface area contributed by atoms with Crippen molar-refractivity contribution in [3.8, 4) is 0 Å². The quantitative estimate of drug-likeness (QED) is 0.841. The number of nitrogens with one attached hydrogen (secondary N) is 1. The van der Waals surface area contributed by atoms with Crippen LogP contribution in [0.4, 0.5) is 10.1 Å². The lowest BCUT2D eigenvalue weighted by Crippen LogP contribution is -2.23. The van der Waals surface area contributed by atoms with Crippen LogP contribution in [-0.4, -0.2) is 13.4 Å². The highest BCUT2D eigenvalue weighted by Gasteiger charge is 2.18. The molecule has 19 heavy (non-hydrogen) atoms. The Morgan fingerprint density at radius 1 is 1.47 bits per heavy atom. The Morgan fingerprint density at radius 2 is 2.21 bits per heavy atom. The van der Waals surface area contributed by atoms with E-state index in [2.05, 4.69) is 9.71 Å². The second kappa shape index (κ2) is 5.24. The standard InChI is InChI=1S/C11H12FN3O2S2/c1-7-14-5-9(18-7)6-15-19(16,17)11-4-8(12)2-3-10(11)13/h2-5,15H,6,13H2,1H3.